The fourth-order valence-electron chi connectivity index (χ4n) is 4.14. The summed E-state index contributed by atoms with van der Waals surface area (Å²) >= 11 is 0. The molecular formula is C20H23F3N4O. The van der Waals surface area contributed by atoms with Crippen LogP contribution in [0.5, 0.6) is 0 Å². The molecule has 2 heterocycles. The summed E-state index contributed by atoms with van der Waals surface area (Å²) in [5, 5.41) is 10.0. The van der Waals surface area contributed by atoms with Crippen LogP contribution in [0.3, 0.4) is 0 Å². The number of alkyl halides is 3. The van der Waals surface area contributed by atoms with Crippen LogP contribution in [0.1, 0.15) is 66.5 Å². The molecule has 2 aliphatic rings. The standard InChI is InChI=1S/C20H23F3N4O/c21-20(22,23)17-11-16(13-7-3-1-4-8-13)26-18-15(12-24-27(17)18)19(28)25-14-9-5-2-6-10-14/h1,3-4,7-8,12,14,16-17,26H,2,5-6,9-11H2,(H,25,28)/t16-,17-/m1/s1. The molecule has 2 aromatic rings. The molecule has 1 aliphatic heterocycles. The fourth-order valence-corrected chi connectivity index (χ4v) is 4.14. The van der Waals surface area contributed by atoms with Crippen LogP contribution in [0.25, 0.3) is 0 Å². The van der Waals surface area contributed by atoms with Crippen molar-refractivity contribution in [2.75, 3.05) is 5.32 Å². The molecule has 0 unspecified atom stereocenters. The second kappa shape index (κ2) is 7.48. The van der Waals surface area contributed by atoms with Gasteiger partial charge in [0.1, 0.15) is 11.4 Å². The Morgan fingerprint density at radius 1 is 1.14 bits per heavy atom. The van der Waals surface area contributed by atoms with E-state index in [1.165, 1.54) is 6.20 Å². The Hall–Kier alpha value is -2.51. The lowest BCUT2D eigenvalue weighted by Crippen LogP contribution is -2.38. The van der Waals surface area contributed by atoms with Gasteiger partial charge < -0.3 is 10.6 Å². The van der Waals surface area contributed by atoms with Gasteiger partial charge in [-0.05, 0) is 18.4 Å². The zero-order valence-corrected chi connectivity index (χ0v) is 15.4. The Morgan fingerprint density at radius 3 is 2.54 bits per heavy atom. The van der Waals surface area contributed by atoms with Crippen LogP contribution in [-0.4, -0.2) is 27.9 Å². The van der Waals surface area contributed by atoms with Gasteiger partial charge in [0.2, 0.25) is 0 Å². The van der Waals surface area contributed by atoms with E-state index in [1.807, 2.05) is 6.07 Å². The maximum absolute atomic E-state index is 13.7. The lowest BCUT2D eigenvalue weighted by molar-refractivity contribution is -0.173. The third kappa shape index (κ3) is 3.72. The maximum atomic E-state index is 13.7. The minimum Gasteiger partial charge on any atom is -0.363 e. The first-order valence-corrected chi connectivity index (χ1v) is 9.70. The van der Waals surface area contributed by atoms with Crippen molar-refractivity contribution in [2.24, 2.45) is 0 Å². The summed E-state index contributed by atoms with van der Waals surface area (Å²) in [7, 11) is 0. The average molecular weight is 392 g/mol. The normalized spacial score (nSPS) is 23.0. The quantitative estimate of drug-likeness (QED) is 0.802. The van der Waals surface area contributed by atoms with Crippen LogP contribution in [-0.2, 0) is 0 Å². The molecule has 1 fully saturated rings. The smallest absolute Gasteiger partial charge is 0.363 e. The second-order valence-electron chi connectivity index (χ2n) is 7.56. The highest BCUT2D eigenvalue weighted by atomic mass is 19.4. The minimum atomic E-state index is -4.45. The van der Waals surface area contributed by atoms with E-state index in [0.717, 1.165) is 42.3 Å². The van der Waals surface area contributed by atoms with Crippen LogP contribution in [0, 0.1) is 0 Å². The van der Waals surface area contributed by atoms with E-state index in [1.54, 1.807) is 24.3 Å². The van der Waals surface area contributed by atoms with Gasteiger partial charge in [-0.3, -0.25) is 4.79 Å². The summed E-state index contributed by atoms with van der Waals surface area (Å²) in [4.78, 5) is 12.8. The van der Waals surface area contributed by atoms with Crippen molar-refractivity contribution in [3.63, 3.8) is 0 Å². The van der Waals surface area contributed by atoms with Crippen LogP contribution >= 0.6 is 0 Å². The maximum Gasteiger partial charge on any atom is 0.410 e. The number of nitrogens with one attached hydrogen (secondary N) is 2. The number of nitrogens with zero attached hydrogens (tertiary/aromatic N) is 2. The molecule has 5 nitrogen and oxygen atoms in total. The van der Waals surface area contributed by atoms with Crippen LogP contribution in [0.15, 0.2) is 36.5 Å². The Morgan fingerprint density at radius 2 is 1.86 bits per heavy atom. The zero-order chi connectivity index (χ0) is 19.7. The molecule has 1 aromatic heterocycles. The van der Waals surface area contributed by atoms with Crippen molar-refractivity contribution < 1.29 is 18.0 Å². The van der Waals surface area contributed by atoms with E-state index in [4.69, 9.17) is 0 Å². The molecule has 0 bridgehead atoms. The lowest BCUT2D eigenvalue weighted by atomic mass is 9.95. The van der Waals surface area contributed by atoms with Crippen molar-refractivity contribution in [1.82, 2.24) is 15.1 Å². The van der Waals surface area contributed by atoms with Crippen molar-refractivity contribution in [3.05, 3.63) is 47.7 Å². The van der Waals surface area contributed by atoms with Gasteiger partial charge in [0, 0.05) is 12.5 Å². The SMILES string of the molecule is O=C(NC1CCCCC1)c1cnn2c1N[C@@H](c1ccccc1)C[C@@H]2C(F)(F)F. The van der Waals surface area contributed by atoms with Gasteiger partial charge in [0.15, 0.2) is 6.04 Å². The van der Waals surface area contributed by atoms with E-state index in [9.17, 15) is 18.0 Å². The molecule has 2 N–H and O–H groups in total. The number of carbonyl (C=O) groups is 1. The summed E-state index contributed by atoms with van der Waals surface area (Å²) in [5.41, 5.74) is 0.920. The highest BCUT2D eigenvalue weighted by Crippen LogP contribution is 2.44. The van der Waals surface area contributed by atoms with Crippen LogP contribution < -0.4 is 10.6 Å². The Balaban J connectivity index is 1.64. The number of fused-ring (bicyclic) bond motifs is 1. The summed E-state index contributed by atoms with van der Waals surface area (Å²) in [5.74, 6) is -0.231. The van der Waals surface area contributed by atoms with Crippen molar-refractivity contribution in [3.8, 4) is 0 Å². The monoisotopic (exact) mass is 392 g/mol. The van der Waals surface area contributed by atoms with E-state index < -0.39 is 18.3 Å². The molecule has 4 rings (SSSR count). The minimum absolute atomic E-state index is 0.0729. The molecule has 0 saturated heterocycles. The van der Waals surface area contributed by atoms with Gasteiger partial charge in [-0.25, -0.2) is 4.68 Å². The molecule has 2 atom stereocenters. The van der Waals surface area contributed by atoms with E-state index in [2.05, 4.69) is 15.7 Å². The van der Waals surface area contributed by atoms with Gasteiger partial charge in [-0.15, -0.1) is 0 Å². The first-order valence-electron chi connectivity index (χ1n) is 9.70. The first-order chi connectivity index (χ1) is 13.4. The molecule has 0 radical (unpaired) electrons. The molecule has 150 valence electrons. The van der Waals surface area contributed by atoms with E-state index >= 15 is 0 Å². The molecule has 0 spiro atoms. The number of amides is 1. The largest absolute Gasteiger partial charge is 0.410 e. The molecule has 1 aliphatic carbocycles. The van der Waals surface area contributed by atoms with Gasteiger partial charge in [0.25, 0.3) is 5.91 Å². The third-order valence-corrected chi connectivity index (χ3v) is 5.63. The lowest BCUT2D eigenvalue weighted by Gasteiger charge is -2.34. The predicted octanol–water partition coefficient (Wildman–Crippen LogP) is 4.61. The van der Waals surface area contributed by atoms with Crippen LogP contribution in [0.2, 0.25) is 0 Å². The fraction of sp³-hybridized carbons (Fsp3) is 0.500. The topological polar surface area (TPSA) is 59.0 Å². The number of halogens is 3. The highest BCUT2D eigenvalue weighted by Gasteiger charge is 2.47. The van der Waals surface area contributed by atoms with Gasteiger partial charge >= 0.3 is 6.18 Å². The zero-order valence-electron chi connectivity index (χ0n) is 15.4. The highest BCUT2D eigenvalue weighted by molar-refractivity contribution is 5.99. The molecule has 8 heteroatoms. The number of hydrogen-bond donors (Lipinski definition) is 2. The molecule has 28 heavy (non-hydrogen) atoms. The summed E-state index contributed by atoms with van der Waals surface area (Å²) in [6, 6.07) is 6.75. The summed E-state index contributed by atoms with van der Waals surface area (Å²) in [6.07, 6.45) is 1.69. The summed E-state index contributed by atoms with van der Waals surface area (Å²) < 4.78 is 42.0. The summed E-state index contributed by atoms with van der Waals surface area (Å²) in [6.45, 7) is 0. The first kappa shape index (κ1) is 18.8. The average Bonchev–Trinajstić information content (AvgIpc) is 3.12. The number of benzene rings is 1. The van der Waals surface area contributed by atoms with E-state index in [0.29, 0.717) is 0 Å². The Labute approximate surface area is 161 Å². The molecular weight excluding hydrogens is 369 g/mol. The Bertz CT molecular complexity index is 828. The number of aromatic nitrogens is 2. The van der Waals surface area contributed by atoms with Gasteiger partial charge in [-0.2, -0.15) is 18.3 Å². The van der Waals surface area contributed by atoms with Gasteiger partial charge in [-0.1, -0.05) is 49.6 Å². The predicted molar refractivity (Wildman–Crippen MR) is 99.1 cm³/mol. The van der Waals surface area contributed by atoms with Crippen molar-refractivity contribution in [2.45, 2.75) is 62.8 Å². The Kier molecular flexibility index (Phi) is 5.03. The molecule has 1 saturated carbocycles. The number of anilines is 1. The third-order valence-electron chi connectivity index (χ3n) is 5.63. The van der Waals surface area contributed by atoms with Crippen molar-refractivity contribution in [1.29, 1.82) is 0 Å². The molecule has 1 aromatic carbocycles. The van der Waals surface area contributed by atoms with E-state index in [-0.39, 0.29) is 29.8 Å². The molecule has 1 amide bonds. The number of carbonyl (C=O) groups excluding carboxylic acids is 1. The second-order valence-corrected chi connectivity index (χ2v) is 7.56. The van der Waals surface area contributed by atoms with Crippen molar-refractivity contribution >= 4 is 11.7 Å². The van der Waals surface area contributed by atoms with Gasteiger partial charge in [0.05, 0.1) is 12.2 Å². The van der Waals surface area contributed by atoms with Crippen LogP contribution in [0.4, 0.5) is 19.0 Å². The number of hydrogen-bond acceptors (Lipinski definition) is 3. The number of rotatable bonds is 3.